The van der Waals surface area contributed by atoms with Crippen molar-refractivity contribution in [3.63, 3.8) is 0 Å². The molecule has 2 aromatic rings. The number of hydrogen-bond donors (Lipinski definition) is 0. The molecular formula is C18H16FN3O4. The summed E-state index contributed by atoms with van der Waals surface area (Å²) >= 11 is 0. The Labute approximate surface area is 148 Å². The van der Waals surface area contributed by atoms with E-state index in [1.165, 1.54) is 46.2 Å². The average Bonchev–Trinajstić information content (AvgIpc) is 2.64. The lowest BCUT2D eigenvalue weighted by Crippen LogP contribution is -2.58. The third kappa shape index (κ3) is 3.13. The fraction of sp³-hybridized carbons (Fsp3) is 0.222. The number of carbonyl (C=O) groups is 2. The van der Waals surface area contributed by atoms with Crippen molar-refractivity contribution in [2.24, 2.45) is 0 Å². The number of nitro groups is 1. The monoisotopic (exact) mass is 357 g/mol. The Balaban J connectivity index is 1.79. The summed E-state index contributed by atoms with van der Waals surface area (Å²) in [6, 6.07) is 10.4. The molecule has 1 aliphatic rings. The van der Waals surface area contributed by atoms with Crippen molar-refractivity contribution >= 4 is 23.2 Å². The highest BCUT2D eigenvalue weighted by Crippen LogP contribution is 2.24. The van der Waals surface area contributed by atoms with Gasteiger partial charge in [0.05, 0.1) is 10.6 Å². The van der Waals surface area contributed by atoms with Crippen LogP contribution in [-0.2, 0) is 4.79 Å². The Hall–Kier alpha value is -3.29. The van der Waals surface area contributed by atoms with Crippen LogP contribution in [0.15, 0.2) is 48.5 Å². The van der Waals surface area contributed by atoms with Gasteiger partial charge in [-0.3, -0.25) is 19.7 Å². The van der Waals surface area contributed by atoms with Gasteiger partial charge in [-0.25, -0.2) is 4.39 Å². The van der Waals surface area contributed by atoms with Crippen molar-refractivity contribution < 1.29 is 18.9 Å². The molecule has 1 aliphatic heterocycles. The predicted octanol–water partition coefficient (Wildman–Crippen LogP) is 2.61. The molecule has 7 nitrogen and oxygen atoms in total. The number of benzene rings is 2. The summed E-state index contributed by atoms with van der Waals surface area (Å²) in [4.78, 5) is 38.2. The maximum Gasteiger partial charge on any atom is 0.269 e. The van der Waals surface area contributed by atoms with Crippen LogP contribution in [0, 0.1) is 15.9 Å². The molecule has 0 aliphatic carbocycles. The Morgan fingerprint density at radius 3 is 2.42 bits per heavy atom. The van der Waals surface area contributed by atoms with Crippen LogP contribution < -0.4 is 4.90 Å². The van der Waals surface area contributed by atoms with E-state index in [0.29, 0.717) is 0 Å². The van der Waals surface area contributed by atoms with Crippen molar-refractivity contribution in [1.82, 2.24) is 4.90 Å². The summed E-state index contributed by atoms with van der Waals surface area (Å²) in [5.74, 6) is -1.27. The highest BCUT2D eigenvalue weighted by molar-refractivity contribution is 6.03. The van der Waals surface area contributed by atoms with Gasteiger partial charge in [0.25, 0.3) is 11.6 Å². The van der Waals surface area contributed by atoms with Crippen molar-refractivity contribution in [3.05, 3.63) is 70.0 Å². The maximum atomic E-state index is 14.0. The van der Waals surface area contributed by atoms with E-state index in [-0.39, 0.29) is 35.9 Å². The van der Waals surface area contributed by atoms with E-state index in [9.17, 15) is 24.1 Å². The number of piperazine rings is 1. The van der Waals surface area contributed by atoms with Gasteiger partial charge in [-0.15, -0.1) is 0 Å². The van der Waals surface area contributed by atoms with Crippen LogP contribution in [0.3, 0.4) is 0 Å². The van der Waals surface area contributed by atoms with Crippen LogP contribution in [-0.4, -0.2) is 40.8 Å². The number of rotatable bonds is 3. The van der Waals surface area contributed by atoms with Crippen LogP contribution in [0.1, 0.15) is 17.3 Å². The van der Waals surface area contributed by atoms with Gasteiger partial charge in [-0.05, 0) is 31.2 Å². The molecule has 26 heavy (non-hydrogen) atoms. The second kappa shape index (κ2) is 6.91. The molecule has 0 unspecified atom stereocenters. The van der Waals surface area contributed by atoms with E-state index in [1.54, 1.807) is 19.1 Å². The van der Waals surface area contributed by atoms with E-state index in [1.807, 2.05) is 0 Å². The molecule has 0 radical (unpaired) electrons. The Morgan fingerprint density at radius 1 is 1.15 bits per heavy atom. The zero-order chi connectivity index (χ0) is 18.8. The van der Waals surface area contributed by atoms with Gasteiger partial charge in [0, 0.05) is 30.8 Å². The molecule has 1 fully saturated rings. The number of carbonyl (C=O) groups excluding carboxylic acids is 2. The molecule has 0 saturated carbocycles. The average molecular weight is 357 g/mol. The minimum atomic E-state index is -0.772. The number of nitro benzene ring substituents is 1. The van der Waals surface area contributed by atoms with Gasteiger partial charge in [-0.2, -0.15) is 0 Å². The zero-order valence-electron chi connectivity index (χ0n) is 14.0. The number of amides is 2. The maximum absolute atomic E-state index is 14.0. The third-order valence-electron chi connectivity index (χ3n) is 4.38. The molecule has 3 rings (SSSR count). The summed E-state index contributed by atoms with van der Waals surface area (Å²) in [7, 11) is 0. The summed E-state index contributed by atoms with van der Waals surface area (Å²) in [5.41, 5.74) is 0.330. The van der Waals surface area contributed by atoms with Crippen LogP contribution in [0.4, 0.5) is 15.8 Å². The molecule has 0 bridgehead atoms. The molecular weight excluding hydrogens is 341 g/mol. The molecule has 2 aromatic carbocycles. The van der Waals surface area contributed by atoms with Crippen molar-refractivity contribution in [1.29, 1.82) is 0 Å². The standard InChI is InChI=1S/C18H16FN3O4/c1-12-17(23)21(16-5-3-2-4-15(16)19)11-10-20(12)18(24)13-6-8-14(9-7-13)22(25)26/h2-9,12H,10-11H2,1H3/t12-/m1/s1. The smallest absolute Gasteiger partial charge is 0.269 e. The SMILES string of the molecule is C[C@@H]1C(=O)N(c2ccccc2F)CCN1C(=O)c1ccc([N+](=O)[O-])cc1. The first kappa shape index (κ1) is 17.5. The van der Waals surface area contributed by atoms with E-state index < -0.39 is 22.7 Å². The fourth-order valence-corrected chi connectivity index (χ4v) is 2.95. The van der Waals surface area contributed by atoms with Crippen LogP contribution in [0.2, 0.25) is 0 Å². The van der Waals surface area contributed by atoms with Crippen molar-refractivity contribution in [2.45, 2.75) is 13.0 Å². The molecule has 2 amide bonds. The van der Waals surface area contributed by atoms with Gasteiger partial charge in [0.2, 0.25) is 5.91 Å². The van der Waals surface area contributed by atoms with Crippen LogP contribution in [0.25, 0.3) is 0 Å². The first-order valence-corrected chi connectivity index (χ1v) is 8.01. The minimum Gasteiger partial charge on any atom is -0.325 e. The van der Waals surface area contributed by atoms with E-state index in [0.717, 1.165) is 0 Å². The predicted molar refractivity (Wildman–Crippen MR) is 92.3 cm³/mol. The highest BCUT2D eigenvalue weighted by atomic mass is 19.1. The first-order valence-electron chi connectivity index (χ1n) is 8.01. The quantitative estimate of drug-likeness (QED) is 0.624. The van der Waals surface area contributed by atoms with E-state index in [4.69, 9.17) is 0 Å². The Morgan fingerprint density at radius 2 is 1.81 bits per heavy atom. The van der Waals surface area contributed by atoms with E-state index >= 15 is 0 Å². The largest absolute Gasteiger partial charge is 0.325 e. The molecule has 1 heterocycles. The van der Waals surface area contributed by atoms with Crippen LogP contribution >= 0.6 is 0 Å². The van der Waals surface area contributed by atoms with Crippen molar-refractivity contribution in [3.8, 4) is 0 Å². The molecule has 0 spiro atoms. The van der Waals surface area contributed by atoms with Gasteiger partial charge in [0.1, 0.15) is 11.9 Å². The van der Waals surface area contributed by atoms with Gasteiger partial charge in [-0.1, -0.05) is 12.1 Å². The number of non-ortho nitro benzene ring substituents is 1. The summed E-state index contributed by atoms with van der Waals surface area (Å²) < 4.78 is 14.0. The first-order chi connectivity index (χ1) is 12.4. The third-order valence-corrected chi connectivity index (χ3v) is 4.38. The van der Waals surface area contributed by atoms with Gasteiger partial charge in [0.15, 0.2) is 0 Å². The van der Waals surface area contributed by atoms with Gasteiger partial charge >= 0.3 is 0 Å². The fourth-order valence-electron chi connectivity index (χ4n) is 2.95. The Kier molecular flexibility index (Phi) is 4.66. The molecule has 0 aromatic heterocycles. The molecule has 8 heteroatoms. The second-order valence-corrected chi connectivity index (χ2v) is 5.92. The normalized spacial score (nSPS) is 17.3. The summed E-state index contributed by atoms with van der Waals surface area (Å²) in [6.45, 7) is 1.98. The minimum absolute atomic E-state index is 0.116. The molecule has 1 atom stereocenters. The second-order valence-electron chi connectivity index (χ2n) is 5.92. The number of para-hydroxylation sites is 1. The number of nitrogens with zero attached hydrogens (tertiary/aromatic N) is 3. The number of halogens is 1. The number of hydrogen-bond acceptors (Lipinski definition) is 4. The van der Waals surface area contributed by atoms with Gasteiger partial charge < -0.3 is 9.80 Å². The lowest BCUT2D eigenvalue weighted by molar-refractivity contribution is -0.384. The molecule has 1 saturated heterocycles. The van der Waals surface area contributed by atoms with Crippen LogP contribution in [0.5, 0.6) is 0 Å². The Bertz CT molecular complexity index is 869. The molecule has 0 N–H and O–H groups in total. The molecule has 134 valence electrons. The summed E-state index contributed by atoms with van der Waals surface area (Å²) in [5, 5.41) is 10.7. The number of anilines is 1. The lowest BCUT2D eigenvalue weighted by Gasteiger charge is -2.39. The highest BCUT2D eigenvalue weighted by Gasteiger charge is 2.36. The van der Waals surface area contributed by atoms with Crippen molar-refractivity contribution in [2.75, 3.05) is 18.0 Å². The lowest BCUT2D eigenvalue weighted by atomic mass is 10.1. The zero-order valence-corrected chi connectivity index (χ0v) is 14.0. The van der Waals surface area contributed by atoms with E-state index in [2.05, 4.69) is 0 Å². The topological polar surface area (TPSA) is 83.8 Å². The summed E-state index contributed by atoms with van der Waals surface area (Å²) in [6.07, 6.45) is 0.